The molecule has 2 fully saturated rings. The fourth-order valence-electron chi connectivity index (χ4n) is 5.13. The summed E-state index contributed by atoms with van der Waals surface area (Å²) in [6.07, 6.45) is -0.223. The van der Waals surface area contributed by atoms with Gasteiger partial charge in [-0.05, 0) is 60.6 Å². The topological polar surface area (TPSA) is 53.2 Å². The van der Waals surface area contributed by atoms with Crippen LogP contribution in [-0.2, 0) is 12.7 Å². The van der Waals surface area contributed by atoms with Gasteiger partial charge >= 0.3 is 6.18 Å². The number of benzene rings is 1. The number of H-pyrrole nitrogens is 1. The number of nitrogens with zero attached hydrogens (tertiary/aromatic N) is 2. The first kappa shape index (κ1) is 20.2. The lowest BCUT2D eigenvalue weighted by Crippen LogP contribution is -2.35. The molecule has 1 saturated carbocycles. The highest BCUT2D eigenvalue weighted by atomic mass is 19.4. The first-order chi connectivity index (χ1) is 14.9. The summed E-state index contributed by atoms with van der Waals surface area (Å²) in [6.45, 7) is 2.24. The summed E-state index contributed by atoms with van der Waals surface area (Å²) in [7, 11) is 1.66. The van der Waals surface area contributed by atoms with Crippen LogP contribution in [0.25, 0.3) is 10.9 Å². The Labute approximate surface area is 178 Å². The summed E-state index contributed by atoms with van der Waals surface area (Å²) < 4.78 is 44.5. The number of fused-ring (bicyclic) bond motifs is 2. The van der Waals surface area contributed by atoms with Crippen molar-refractivity contribution in [1.29, 1.82) is 0 Å². The number of aromatic amines is 1. The fraction of sp³-hybridized carbons (Fsp3) is 0.435. The molecule has 1 aliphatic carbocycles. The number of anilines is 1. The van der Waals surface area contributed by atoms with E-state index in [2.05, 4.69) is 15.3 Å². The number of hydrogen-bond donors (Lipinski definition) is 2. The molecule has 0 radical (unpaired) electrons. The van der Waals surface area contributed by atoms with E-state index in [0.29, 0.717) is 23.7 Å². The molecule has 2 N–H and O–H groups in total. The summed E-state index contributed by atoms with van der Waals surface area (Å²) in [5, 5.41) is 4.85. The molecule has 0 bridgehead atoms. The van der Waals surface area contributed by atoms with Crippen LogP contribution in [0.1, 0.15) is 24.1 Å². The first-order valence-corrected chi connectivity index (χ1v) is 10.6. The summed E-state index contributed by atoms with van der Waals surface area (Å²) >= 11 is 0. The molecule has 5 nitrogen and oxygen atoms in total. The number of methoxy groups -OCH3 is 1. The van der Waals surface area contributed by atoms with Gasteiger partial charge in [0.25, 0.3) is 0 Å². The van der Waals surface area contributed by atoms with E-state index >= 15 is 0 Å². The molecular formula is C23H25F3N4O. The standard InChI is InChI=1S/C23H25F3N4O/c1-31-16-6-8-19-17(9-16)15(10-27-19)11-28-20-7-5-14-12-30(13-18(14)20)22-4-2-3-21(29-22)23(24,25)26/h2-4,6,8-10,14,18,20,27-28H,5,7,11-13H2,1H3/t14-,18+,20+/m1/s1. The van der Waals surface area contributed by atoms with E-state index in [1.54, 1.807) is 13.2 Å². The van der Waals surface area contributed by atoms with Crippen molar-refractivity contribution in [3.8, 4) is 5.75 Å². The number of hydrogen-bond acceptors (Lipinski definition) is 4. The SMILES string of the molecule is COc1ccc2[nH]cc(CN[C@H]3CC[C@@H]4CN(c5cccc(C(F)(F)F)n5)C[C@@H]43)c2c1. The second-order valence-electron chi connectivity index (χ2n) is 8.50. The average molecular weight is 430 g/mol. The Hall–Kier alpha value is -2.74. The Morgan fingerprint density at radius 1 is 1.19 bits per heavy atom. The maximum atomic E-state index is 13.0. The summed E-state index contributed by atoms with van der Waals surface area (Å²) in [6, 6.07) is 10.5. The summed E-state index contributed by atoms with van der Waals surface area (Å²) in [4.78, 5) is 9.19. The van der Waals surface area contributed by atoms with Gasteiger partial charge in [0.15, 0.2) is 0 Å². The van der Waals surface area contributed by atoms with Crippen LogP contribution in [0.4, 0.5) is 19.0 Å². The predicted octanol–water partition coefficient (Wildman–Crippen LogP) is 4.59. The molecule has 3 heterocycles. The third-order valence-electron chi connectivity index (χ3n) is 6.74. The molecule has 0 amide bonds. The van der Waals surface area contributed by atoms with Gasteiger partial charge in [-0.25, -0.2) is 4.98 Å². The molecule has 1 aromatic carbocycles. The van der Waals surface area contributed by atoms with E-state index in [0.717, 1.165) is 55.2 Å². The second-order valence-corrected chi connectivity index (χ2v) is 8.50. The van der Waals surface area contributed by atoms with Crippen molar-refractivity contribution in [3.05, 3.63) is 53.9 Å². The maximum absolute atomic E-state index is 13.0. The molecule has 2 aliphatic rings. The number of rotatable bonds is 5. The minimum atomic E-state index is -4.42. The minimum absolute atomic E-state index is 0.344. The van der Waals surface area contributed by atoms with E-state index in [1.807, 2.05) is 29.3 Å². The maximum Gasteiger partial charge on any atom is 0.433 e. The number of aromatic nitrogens is 2. The number of nitrogens with one attached hydrogen (secondary N) is 2. The largest absolute Gasteiger partial charge is 0.497 e. The van der Waals surface area contributed by atoms with Crippen LogP contribution in [-0.4, -0.2) is 36.2 Å². The van der Waals surface area contributed by atoms with Gasteiger partial charge in [-0.1, -0.05) is 6.07 Å². The normalized spacial score (nSPS) is 23.5. The molecule has 1 aliphatic heterocycles. The molecule has 2 aromatic heterocycles. The van der Waals surface area contributed by atoms with Crippen LogP contribution in [0.5, 0.6) is 5.75 Å². The van der Waals surface area contributed by atoms with Crippen LogP contribution in [0.15, 0.2) is 42.6 Å². The van der Waals surface area contributed by atoms with Crippen molar-refractivity contribution in [2.75, 3.05) is 25.1 Å². The van der Waals surface area contributed by atoms with Crippen LogP contribution < -0.4 is 15.0 Å². The van der Waals surface area contributed by atoms with Crippen LogP contribution in [0, 0.1) is 11.8 Å². The number of halogens is 3. The molecule has 8 heteroatoms. The third-order valence-corrected chi connectivity index (χ3v) is 6.74. The Morgan fingerprint density at radius 2 is 2.06 bits per heavy atom. The van der Waals surface area contributed by atoms with Crippen molar-refractivity contribution >= 4 is 16.7 Å². The molecule has 3 aromatic rings. The second kappa shape index (κ2) is 7.75. The molecule has 0 unspecified atom stereocenters. The monoisotopic (exact) mass is 430 g/mol. The Balaban J connectivity index is 1.27. The fourth-order valence-corrected chi connectivity index (χ4v) is 5.13. The quantitative estimate of drug-likeness (QED) is 0.622. The summed E-state index contributed by atoms with van der Waals surface area (Å²) in [5.74, 6) is 2.15. The van der Waals surface area contributed by atoms with Gasteiger partial charge < -0.3 is 19.9 Å². The molecule has 31 heavy (non-hydrogen) atoms. The van der Waals surface area contributed by atoms with E-state index < -0.39 is 11.9 Å². The van der Waals surface area contributed by atoms with Crippen LogP contribution in [0.2, 0.25) is 0 Å². The number of ether oxygens (including phenoxy) is 1. The molecular weight excluding hydrogens is 405 g/mol. The molecule has 1 saturated heterocycles. The zero-order valence-corrected chi connectivity index (χ0v) is 17.2. The van der Waals surface area contributed by atoms with E-state index in [-0.39, 0.29) is 0 Å². The Morgan fingerprint density at radius 3 is 2.87 bits per heavy atom. The molecule has 0 spiro atoms. The average Bonchev–Trinajstić information content (AvgIpc) is 3.46. The van der Waals surface area contributed by atoms with Crippen molar-refractivity contribution < 1.29 is 17.9 Å². The smallest absolute Gasteiger partial charge is 0.433 e. The lowest BCUT2D eigenvalue weighted by molar-refractivity contribution is -0.141. The van der Waals surface area contributed by atoms with Crippen LogP contribution in [0.3, 0.4) is 0 Å². The van der Waals surface area contributed by atoms with E-state index in [4.69, 9.17) is 4.74 Å². The zero-order valence-electron chi connectivity index (χ0n) is 17.2. The Bertz CT molecular complexity index is 1080. The lowest BCUT2D eigenvalue weighted by atomic mass is 9.97. The van der Waals surface area contributed by atoms with Gasteiger partial charge in [0.2, 0.25) is 0 Å². The van der Waals surface area contributed by atoms with Gasteiger partial charge in [0, 0.05) is 42.8 Å². The highest BCUT2D eigenvalue weighted by Crippen LogP contribution is 2.40. The predicted molar refractivity (Wildman–Crippen MR) is 113 cm³/mol. The number of pyridine rings is 1. The molecule has 3 atom stereocenters. The van der Waals surface area contributed by atoms with Gasteiger partial charge in [0.05, 0.1) is 7.11 Å². The molecule has 164 valence electrons. The molecule has 5 rings (SSSR count). The van der Waals surface area contributed by atoms with E-state index in [9.17, 15) is 13.2 Å². The lowest BCUT2D eigenvalue weighted by Gasteiger charge is -2.23. The van der Waals surface area contributed by atoms with Crippen molar-refractivity contribution in [2.24, 2.45) is 11.8 Å². The van der Waals surface area contributed by atoms with E-state index in [1.165, 1.54) is 11.6 Å². The number of alkyl halides is 3. The van der Waals surface area contributed by atoms with Crippen molar-refractivity contribution in [1.82, 2.24) is 15.3 Å². The Kier molecular flexibility index (Phi) is 5.04. The van der Waals surface area contributed by atoms with Gasteiger partial charge in [0.1, 0.15) is 17.3 Å². The van der Waals surface area contributed by atoms with Gasteiger partial charge in [-0.3, -0.25) is 0 Å². The van der Waals surface area contributed by atoms with Gasteiger partial charge in [-0.2, -0.15) is 13.2 Å². The zero-order chi connectivity index (χ0) is 21.6. The third kappa shape index (κ3) is 3.84. The van der Waals surface area contributed by atoms with Crippen LogP contribution >= 0.6 is 0 Å². The van der Waals surface area contributed by atoms with Gasteiger partial charge in [-0.15, -0.1) is 0 Å². The first-order valence-electron chi connectivity index (χ1n) is 10.6. The van der Waals surface area contributed by atoms with Crippen molar-refractivity contribution in [3.63, 3.8) is 0 Å². The van der Waals surface area contributed by atoms with Crippen molar-refractivity contribution in [2.45, 2.75) is 31.6 Å². The highest BCUT2D eigenvalue weighted by Gasteiger charge is 2.43. The highest BCUT2D eigenvalue weighted by molar-refractivity contribution is 5.84. The summed E-state index contributed by atoms with van der Waals surface area (Å²) in [5.41, 5.74) is 1.43. The minimum Gasteiger partial charge on any atom is -0.497 e.